The smallest absolute Gasteiger partial charge is 0.325 e. The molecule has 0 N–H and O–H groups in total. The highest BCUT2D eigenvalue weighted by Gasteiger charge is 2.16. The second kappa shape index (κ2) is 9.70. The lowest BCUT2D eigenvalue weighted by atomic mass is 10.1. The fourth-order valence-corrected chi connectivity index (χ4v) is 4.11. The number of fused-ring (bicyclic) bond motifs is 2. The van der Waals surface area contributed by atoms with E-state index in [-0.39, 0.29) is 24.0 Å². The summed E-state index contributed by atoms with van der Waals surface area (Å²) in [6, 6.07) is 13.2. The third-order valence-corrected chi connectivity index (χ3v) is 6.12. The number of ether oxygens (including phenoxy) is 1. The average Bonchev–Trinajstić information content (AvgIpc) is 3.15. The van der Waals surface area contributed by atoms with Gasteiger partial charge in [0, 0.05) is 33.1 Å². The van der Waals surface area contributed by atoms with Crippen LogP contribution in [0.5, 0.6) is 0 Å². The van der Waals surface area contributed by atoms with Crippen LogP contribution in [0, 0.1) is 0 Å². The zero-order valence-corrected chi connectivity index (χ0v) is 20.4. The number of hydrogen-bond donors (Lipinski definition) is 0. The first kappa shape index (κ1) is 22.9. The zero-order chi connectivity index (χ0) is 23.5. The van der Waals surface area contributed by atoms with Crippen LogP contribution in [0.25, 0.3) is 21.8 Å². The normalized spacial score (nSPS) is 12.6. The molecule has 0 bridgehead atoms. The molecule has 0 aliphatic rings. The second-order valence-corrected chi connectivity index (χ2v) is 8.75. The van der Waals surface area contributed by atoms with Crippen molar-refractivity contribution in [1.82, 2.24) is 14.2 Å². The Bertz CT molecular complexity index is 1420. The number of aromatic nitrogens is 3. The second-order valence-electron chi connectivity index (χ2n) is 7.84. The number of halogens is 1. The number of carbonyl (C=O) groups excluding carboxylic acids is 1. The number of para-hydroxylation sites is 1. The molecule has 0 amide bonds. The lowest BCUT2D eigenvalue weighted by Crippen LogP contribution is -2.23. The maximum absolute atomic E-state index is 13.4. The van der Waals surface area contributed by atoms with Crippen LogP contribution in [0.3, 0.4) is 0 Å². The standard InChI is InChI=1S/C25H25BrN4O3/c1-4-16(3)24-28-21-11-10-18(26)12-20(21)25(32)30(24)27-13-17-14-29(15-23(31)33-5-2)22-9-7-6-8-19(17)22/h6-14,16H,4-5,15H2,1-3H3/t16-/m1/s1. The molecule has 0 aliphatic carbocycles. The summed E-state index contributed by atoms with van der Waals surface area (Å²) < 4.78 is 9.14. The molecule has 4 rings (SSSR count). The highest BCUT2D eigenvalue weighted by atomic mass is 79.9. The molecule has 0 fully saturated rings. The van der Waals surface area contributed by atoms with Crippen LogP contribution in [-0.2, 0) is 16.1 Å². The van der Waals surface area contributed by atoms with Gasteiger partial charge in [0.15, 0.2) is 0 Å². The summed E-state index contributed by atoms with van der Waals surface area (Å²) in [6.07, 6.45) is 4.33. The van der Waals surface area contributed by atoms with Crippen molar-refractivity contribution in [1.29, 1.82) is 0 Å². The molecule has 0 unspecified atom stereocenters. The first-order valence-electron chi connectivity index (χ1n) is 10.9. The van der Waals surface area contributed by atoms with Gasteiger partial charge in [-0.25, -0.2) is 4.98 Å². The molecule has 2 aromatic heterocycles. The summed E-state index contributed by atoms with van der Waals surface area (Å²) in [5, 5.41) is 6.00. The van der Waals surface area contributed by atoms with Gasteiger partial charge in [-0.2, -0.15) is 9.78 Å². The van der Waals surface area contributed by atoms with Gasteiger partial charge < -0.3 is 9.30 Å². The van der Waals surface area contributed by atoms with Crippen molar-refractivity contribution in [3.05, 3.63) is 74.9 Å². The number of hydrogen-bond acceptors (Lipinski definition) is 5. The van der Waals surface area contributed by atoms with E-state index < -0.39 is 0 Å². The Morgan fingerprint density at radius 3 is 2.76 bits per heavy atom. The van der Waals surface area contributed by atoms with Crippen molar-refractivity contribution in [2.24, 2.45) is 5.10 Å². The third-order valence-electron chi connectivity index (χ3n) is 5.62. The fraction of sp³-hybridized carbons (Fsp3) is 0.280. The Kier molecular flexibility index (Phi) is 6.74. The summed E-state index contributed by atoms with van der Waals surface area (Å²) in [5.41, 5.74) is 2.12. The summed E-state index contributed by atoms with van der Waals surface area (Å²) in [5.74, 6) is 0.359. The number of rotatable bonds is 7. The molecule has 7 nitrogen and oxygen atoms in total. The molecule has 2 aromatic carbocycles. The SMILES string of the molecule is CCOC(=O)Cn1cc(C=Nn2c([C@H](C)CC)nc3ccc(Br)cc3c2=O)c2ccccc21. The maximum atomic E-state index is 13.4. The van der Waals surface area contributed by atoms with Gasteiger partial charge in [0.2, 0.25) is 0 Å². The predicted octanol–water partition coefficient (Wildman–Crippen LogP) is 5.07. The molecule has 0 aliphatic heterocycles. The van der Waals surface area contributed by atoms with Crippen molar-refractivity contribution >= 4 is 49.9 Å². The quantitative estimate of drug-likeness (QED) is 0.257. The van der Waals surface area contributed by atoms with E-state index in [4.69, 9.17) is 9.72 Å². The third kappa shape index (κ3) is 4.61. The van der Waals surface area contributed by atoms with Crippen molar-refractivity contribution in [3.63, 3.8) is 0 Å². The van der Waals surface area contributed by atoms with Gasteiger partial charge in [0.05, 0.1) is 23.7 Å². The van der Waals surface area contributed by atoms with Gasteiger partial charge in [-0.3, -0.25) is 9.59 Å². The lowest BCUT2D eigenvalue weighted by Gasteiger charge is -2.13. The Morgan fingerprint density at radius 2 is 2.00 bits per heavy atom. The molecule has 0 saturated carbocycles. The molecule has 2 heterocycles. The Balaban J connectivity index is 1.84. The van der Waals surface area contributed by atoms with Crippen molar-refractivity contribution in [2.75, 3.05) is 6.61 Å². The topological polar surface area (TPSA) is 78.5 Å². The Morgan fingerprint density at radius 1 is 1.21 bits per heavy atom. The van der Waals surface area contributed by atoms with Gasteiger partial charge in [-0.05, 0) is 37.6 Å². The largest absolute Gasteiger partial charge is 0.465 e. The van der Waals surface area contributed by atoms with E-state index in [0.717, 1.165) is 27.4 Å². The van der Waals surface area contributed by atoms with Crippen LogP contribution < -0.4 is 5.56 Å². The monoisotopic (exact) mass is 508 g/mol. The van der Waals surface area contributed by atoms with Gasteiger partial charge in [0.1, 0.15) is 12.4 Å². The van der Waals surface area contributed by atoms with E-state index in [1.165, 1.54) is 4.68 Å². The van der Waals surface area contributed by atoms with E-state index in [1.54, 1.807) is 19.2 Å². The molecule has 33 heavy (non-hydrogen) atoms. The molecule has 1 atom stereocenters. The average molecular weight is 509 g/mol. The van der Waals surface area contributed by atoms with Crippen LogP contribution in [-0.4, -0.2) is 33.0 Å². The minimum atomic E-state index is -0.304. The summed E-state index contributed by atoms with van der Waals surface area (Å²) in [7, 11) is 0. The van der Waals surface area contributed by atoms with Gasteiger partial charge in [0.25, 0.3) is 5.56 Å². The lowest BCUT2D eigenvalue weighted by molar-refractivity contribution is -0.143. The molecule has 8 heteroatoms. The predicted molar refractivity (Wildman–Crippen MR) is 134 cm³/mol. The summed E-state index contributed by atoms with van der Waals surface area (Å²) in [6.45, 7) is 6.31. The van der Waals surface area contributed by atoms with Crippen molar-refractivity contribution in [3.8, 4) is 0 Å². The van der Waals surface area contributed by atoms with E-state index in [2.05, 4.69) is 28.0 Å². The zero-order valence-electron chi connectivity index (χ0n) is 18.8. The van der Waals surface area contributed by atoms with Crippen LogP contribution in [0.4, 0.5) is 0 Å². The molecule has 0 saturated heterocycles. The van der Waals surface area contributed by atoms with Crippen molar-refractivity contribution in [2.45, 2.75) is 39.7 Å². The Hall–Kier alpha value is -3.26. The van der Waals surface area contributed by atoms with Gasteiger partial charge in [-0.1, -0.05) is 48.0 Å². The first-order chi connectivity index (χ1) is 15.9. The van der Waals surface area contributed by atoms with Crippen LogP contribution in [0.2, 0.25) is 0 Å². The van der Waals surface area contributed by atoms with E-state index >= 15 is 0 Å². The molecule has 0 spiro atoms. The highest BCUT2D eigenvalue weighted by Crippen LogP contribution is 2.22. The Labute approximate surface area is 199 Å². The van der Waals surface area contributed by atoms with Crippen LogP contribution in [0.15, 0.2) is 63.0 Å². The van der Waals surface area contributed by atoms with Gasteiger partial charge >= 0.3 is 5.97 Å². The molecule has 4 aromatic rings. The van der Waals surface area contributed by atoms with E-state index in [1.807, 2.05) is 54.1 Å². The number of esters is 1. The van der Waals surface area contributed by atoms with Crippen LogP contribution >= 0.6 is 15.9 Å². The molecular weight excluding hydrogens is 484 g/mol. The van der Waals surface area contributed by atoms with Gasteiger partial charge in [-0.15, -0.1) is 0 Å². The number of benzene rings is 2. The molecule has 170 valence electrons. The minimum Gasteiger partial charge on any atom is -0.465 e. The molecule has 0 radical (unpaired) electrons. The highest BCUT2D eigenvalue weighted by molar-refractivity contribution is 9.10. The van der Waals surface area contributed by atoms with Crippen molar-refractivity contribution < 1.29 is 9.53 Å². The summed E-state index contributed by atoms with van der Waals surface area (Å²) in [4.78, 5) is 30.2. The summed E-state index contributed by atoms with van der Waals surface area (Å²) >= 11 is 3.43. The van der Waals surface area contributed by atoms with E-state index in [9.17, 15) is 9.59 Å². The first-order valence-corrected chi connectivity index (χ1v) is 11.7. The van der Waals surface area contributed by atoms with E-state index in [0.29, 0.717) is 23.3 Å². The molecular formula is C25H25BrN4O3. The number of carbonyl (C=O) groups is 1. The van der Waals surface area contributed by atoms with Crippen LogP contribution in [0.1, 0.15) is 44.5 Å². The fourth-order valence-electron chi connectivity index (χ4n) is 3.75. The number of nitrogens with zero attached hydrogens (tertiary/aromatic N) is 4. The minimum absolute atomic E-state index is 0.0491. The maximum Gasteiger partial charge on any atom is 0.325 e.